The van der Waals surface area contributed by atoms with Crippen molar-refractivity contribution in [1.82, 2.24) is 14.8 Å². The van der Waals surface area contributed by atoms with Crippen LogP contribution in [-0.4, -0.2) is 14.8 Å². The van der Waals surface area contributed by atoms with Crippen LogP contribution in [0.5, 0.6) is 0 Å². The van der Waals surface area contributed by atoms with Gasteiger partial charge in [-0.15, -0.1) is 0 Å². The minimum Gasteiger partial charge on any atom is -0.261 e. The average Bonchev–Trinajstić information content (AvgIpc) is 2.95. The van der Waals surface area contributed by atoms with Gasteiger partial charge in [-0.05, 0) is 37.6 Å². The third-order valence-electron chi connectivity index (χ3n) is 3.10. The van der Waals surface area contributed by atoms with Gasteiger partial charge in [-0.3, -0.25) is 9.67 Å². The largest absolute Gasteiger partial charge is 0.261 e. The molecule has 1 aromatic carbocycles. The van der Waals surface area contributed by atoms with Crippen LogP contribution in [0, 0.1) is 13.8 Å². The van der Waals surface area contributed by atoms with Gasteiger partial charge in [-0.2, -0.15) is 5.10 Å². The van der Waals surface area contributed by atoms with E-state index in [0.717, 1.165) is 12.2 Å². The number of nitrogens with zero attached hydrogens (tertiary/aromatic N) is 3. The monoisotopic (exact) mass is 297 g/mol. The Kier molecular flexibility index (Phi) is 7.30. The molecule has 0 amide bonds. The summed E-state index contributed by atoms with van der Waals surface area (Å²) >= 11 is 0. The van der Waals surface area contributed by atoms with Crippen molar-refractivity contribution in [2.24, 2.45) is 0 Å². The molecule has 0 N–H and O–H groups in total. The Labute approximate surface area is 134 Å². The fourth-order valence-corrected chi connectivity index (χ4v) is 2.10. The summed E-state index contributed by atoms with van der Waals surface area (Å²) in [6.45, 7) is 12.9. The van der Waals surface area contributed by atoms with Crippen molar-refractivity contribution in [3.63, 3.8) is 0 Å². The minimum atomic E-state index is 0.764. The molecule has 0 fully saturated rings. The summed E-state index contributed by atoms with van der Waals surface area (Å²) in [4.78, 5) is 4.31. The van der Waals surface area contributed by atoms with Gasteiger partial charge in [0.15, 0.2) is 0 Å². The molecule has 0 aliphatic carbocycles. The molecule has 0 bridgehead atoms. The van der Waals surface area contributed by atoms with Gasteiger partial charge in [0, 0.05) is 17.3 Å². The zero-order chi connectivity index (χ0) is 16.5. The van der Waals surface area contributed by atoms with Crippen LogP contribution in [0.25, 0.3) is 10.9 Å². The lowest BCUT2D eigenvalue weighted by atomic mass is 10.2. The van der Waals surface area contributed by atoms with E-state index in [-0.39, 0.29) is 0 Å². The third kappa shape index (κ3) is 4.42. The lowest BCUT2D eigenvalue weighted by Crippen LogP contribution is -2.01. The summed E-state index contributed by atoms with van der Waals surface area (Å²) in [7, 11) is 0. The molecule has 22 heavy (non-hydrogen) atoms. The molecule has 0 aliphatic heterocycles. The van der Waals surface area contributed by atoms with E-state index in [0.29, 0.717) is 0 Å². The number of aryl methyl sites for hydroxylation is 2. The summed E-state index contributed by atoms with van der Waals surface area (Å²) in [6.07, 6.45) is 3.83. The first-order valence-electron chi connectivity index (χ1n) is 8.06. The van der Waals surface area contributed by atoms with E-state index < -0.39 is 0 Å². The van der Waals surface area contributed by atoms with Crippen molar-refractivity contribution in [2.45, 2.75) is 48.1 Å². The SMILES string of the molecule is CC.CC.Cc1ccc2c(cnn2Cc2ccc(C)nc2)c1. The minimum absolute atomic E-state index is 0.764. The molecule has 0 atom stereocenters. The van der Waals surface area contributed by atoms with Crippen LogP contribution in [0.1, 0.15) is 44.5 Å². The van der Waals surface area contributed by atoms with E-state index >= 15 is 0 Å². The van der Waals surface area contributed by atoms with Crippen molar-refractivity contribution in [2.75, 3.05) is 0 Å². The Bertz CT molecular complexity index is 681. The topological polar surface area (TPSA) is 30.7 Å². The van der Waals surface area contributed by atoms with Crippen LogP contribution >= 0.6 is 0 Å². The average molecular weight is 297 g/mol. The molecule has 2 aromatic heterocycles. The highest BCUT2D eigenvalue weighted by Gasteiger charge is 2.03. The highest BCUT2D eigenvalue weighted by Crippen LogP contribution is 2.16. The van der Waals surface area contributed by atoms with E-state index in [9.17, 15) is 0 Å². The van der Waals surface area contributed by atoms with E-state index in [1.165, 1.54) is 22.0 Å². The Morgan fingerprint density at radius 1 is 0.909 bits per heavy atom. The normalized spacial score (nSPS) is 9.55. The molecule has 2 heterocycles. The van der Waals surface area contributed by atoms with Crippen LogP contribution in [0.15, 0.2) is 42.7 Å². The molecule has 0 saturated carbocycles. The van der Waals surface area contributed by atoms with Crippen molar-refractivity contribution in [3.8, 4) is 0 Å². The van der Waals surface area contributed by atoms with Crippen LogP contribution in [0.4, 0.5) is 0 Å². The Balaban J connectivity index is 0.000000561. The van der Waals surface area contributed by atoms with Gasteiger partial charge in [-0.25, -0.2) is 0 Å². The summed E-state index contributed by atoms with van der Waals surface area (Å²) in [5, 5.41) is 5.63. The van der Waals surface area contributed by atoms with Crippen LogP contribution in [0.3, 0.4) is 0 Å². The van der Waals surface area contributed by atoms with Crippen LogP contribution in [-0.2, 0) is 6.54 Å². The molecule has 0 unspecified atom stereocenters. The molecule has 3 aromatic rings. The Morgan fingerprint density at radius 3 is 2.27 bits per heavy atom. The van der Waals surface area contributed by atoms with Gasteiger partial charge < -0.3 is 0 Å². The molecular weight excluding hydrogens is 270 g/mol. The molecule has 118 valence electrons. The van der Waals surface area contributed by atoms with Crippen molar-refractivity contribution in [1.29, 1.82) is 0 Å². The first-order valence-corrected chi connectivity index (χ1v) is 8.06. The third-order valence-corrected chi connectivity index (χ3v) is 3.10. The van der Waals surface area contributed by atoms with E-state index in [1.54, 1.807) is 0 Å². The zero-order valence-corrected chi connectivity index (χ0v) is 14.6. The molecule has 3 heteroatoms. The number of rotatable bonds is 2. The van der Waals surface area contributed by atoms with Gasteiger partial charge >= 0.3 is 0 Å². The molecule has 0 saturated heterocycles. The smallest absolute Gasteiger partial charge is 0.0686 e. The van der Waals surface area contributed by atoms with Gasteiger partial charge in [0.2, 0.25) is 0 Å². The Hall–Kier alpha value is -2.16. The second kappa shape index (κ2) is 8.98. The van der Waals surface area contributed by atoms with Crippen LogP contribution < -0.4 is 0 Å². The van der Waals surface area contributed by atoms with E-state index in [4.69, 9.17) is 0 Å². The van der Waals surface area contributed by atoms with Gasteiger partial charge in [0.1, 0.15) is 0 Å². The summed E-state index contributed by atoms with van der Waals surface area (Å²) < 4.78 is 2.02. The number of benzene rings is 1. The second-order valence-electron chi connectivity index (χ2n) is 4.67. The number of pyridine rings is 1. The van der Waals surface area contributed by atoms with Crippen molar-refractivity contribution in [3.05, 3.63) is 59.5 Å². The number of aromatic nitrogens is 3. The lowest BCUT2D eigenvalue weighted by molar-refractivity contribution is 0.709. The predicted molar refractivity (Wildman–Crippen MR) is 95.2 cm³/mol. The van der Waals surface area contributed by atoms with Gasteiger partial charge in [0.05, 0.1) is 18.3 Å². The van der Waals surface area contributed by atoms with Crippen molar-refractivity contribution < 1.29 is 0 Å². The number of hydrogen-bond acceptors (Lipinski definition) is 2. The molecule has 0 aliphatic rings. The maximum atomic E-state index is 4.44. The standard InChI is InChI=1S/C15H15N3.2C2H6/c1-11-3-6-15-14(7-11)9-17-18(15)10-13-5-4-12(2)16-8-13;2*1-2/h3-9H,10H2,1-2H3;2*1-2H3. The highest BCUT2D eigenvalue weighted by atomic mass is 15.3. The fraction of sp³-hybridized carbons (Fsp3) is 0.368. The highest BCUT2D eigenvalue weighted by molar-refractivity contribution is 5.79. The van der Waals surface area contributed by atoms with Gasteiger partial charge in [0.25, 0.3) is 0 Å². The lowest BCUT2D eigenvalue weighted by Gasteiger charge is -2.04. The molecular formula is C19H27N3. The Morgan fingerprint density at radius 2 is 1.64 bits per heavy atom. The number of fused-ring (bicyclic) bond motifs is 1. The second-order valence-corrected chi connectivity index (χ2v) is 4.67. The van der Waals surface area contributed by atoms with Gasteiger partial charge in [-0.1, -0.05) is 45.4 Å². The summed E-state index contributed by atoms with van der Waals surface area (Å²) in [5.41, 5.74) is 4.64. The summed E-state index contributed by atoms with van der Waals surface area (Å²) in [6, 6.07) is 10.5. The van der Waals surface area contributed by atoms with Crippen LogP contribution in [0.2, 0.25) is 0 Å². The molecule has 0 spiro atoms. The molecule has 0 radical (unpaired) electrons. The van der Waals surface area contributed by atoms with E-state index in [1.807, 2.05) is 57.8 Å². The first-order chi connectivity index (χ1) is 10.7. The fourth-order valence-electron chi connectivity index (χ4n) is 2.10. The predicted octanol–water partition coefficient (Wildman–Crippen LogP) is 5.15. The quantitative estimate of drug-likeness (QED) is 0.655. The maximum Gasteiger partial charge on any atom is 0.0686 e. The number of hydrogen-bond donors (Lipinski definition) is 0. The molecule has 3 nitrogen and oxygen atoms in total. The molecule has 3 rings (SSSR count). The summed E-state index contributed by atoms with van der Waals surface area (Å²) in [5.74, 6) is 0. The first kappa shape index (κ1) is 17.9. The van der Waals surface area contributed by atoms with Crippen molar-refractivity contribution >= 4 is 10.9 Å². The van der Waals surface area contributed by atoms with E-state index in [2.05, 4.69) is 41.3 Å². The maximum absolute atomic E-state index is 4.44. The zero-order valence-electron chi connectivity index (χ0n) is 14.6.